The first kappa shape index (κ1) is 12.3. The van der Waals surface area contributed by atoms with Crippen LogP contribution in [0.25, 0.3) is 5.52 Å². The van der Waals surface area contributed by atoms with E-state index in [1.165, 1.54) is 0 Å². The summed E-state index contributed by atoms with van der Waals surface area (Å²) in [7, 11) is 0. The van der Waals surface area contributed by atoms with E-state index in [1.54, 1.807) is 16.9 Å². The summed E-state index contributed by atoms with van der Waals surface area (Å²) >= 11 is 0. The Balaban J connectivity index is 2.13. The van der Waals surface area contributed by atoms with Gasteiger partial charge in [-0.1, -0.05) is 0 Å². The molecule has 0 saturated carbocycles. The Labute approximate surface area is 105 Å². The normalized spacial score (nSPS) is 12.6. The number of aliphatic carboxylic acids is 1. The number of rotatable bonds is 5. The lowest BCUT2D eigenvalue weighted by Gasteiger charge is -2.13. The van der Waals surface area contributed by atoms with E-state index >= 15 is 0 Å². The van der Waals surface area contributed by atoms with Gasteiger partial charge in [0.1, 0.15) is 5.52 Å². The second kappa shape index (κ2) is 5.03. The van der Waals surface area contributed by atoms with Crippen LogP contribution in [0.1, 0.15) is 25.5 Å². The van der Waals surface area contributed by atoms with Crippen LogP contribution in [-0.4, -0.2) is 31.7 Å². The summed E-state index contributed by atoms with van der Waals surface area (Å²) in [6.45, 7) is 3.86. The zero-order valence-corrected chi connectivity index (χ0v) is 10.4. The number of hydrogen-bond donors (Lipinski definition) is 2. The van der Waals surface area contributed by atoms with Crippen molar-refractivity contribution in [2.24, 2.45) is 0 Å². The molecule has 0 spiro atoms. The van der Waals surface area contributed by atoms with E-state index in [-0.39, 0.29) is 12.5 Å². The van der Waals surface area contributed by atoms with Crippen molar-refractivity contribution in [2.75, 3.05) is 5.32 Å². The van der Waals surface area contributed by atoms with Crippen molar-refractivity contribution in [3.63, 3.8) is 0 Å². The fourth-order valence-electron chi connectivity index (χ4n) is 1.80. The van der Waals surface area contributed by atoms with E-state index in [0.29, 0.717) is 6.42 Å². The molecule has 0 aliphatic heterocycles. The lowest BCUT2D eigenvalue weighted by atomic mass is 10.2. The van der Waals surface area contributed by atoms with Gasteiger partial charge in [-0.2, -0.15) is 5.10 Å². The van der Waals surface area contributed by atoms with Crippen LogP contribution in [0.5, 0.6) is 0 Å². The first-order chi connectivity index (χ1) is 8.56. The minimum atomic E-state index is -0.782. The number of nitrogens with one attached hydrogen (secondary N) is 1. The zero-order valence-electron chi connectivity index (χ0n) is 10.4. The van der Waals surface area contributed by atoms with Crippen molar-refractivity contribution >= 4 is 17.3 Å². The molecule has 0 aliphatic rings. The number of anilines is 1. The average molecular weight is 248 g/mol. The molecule has 1 atom stereocenters. The van der Waals surface area contributed by atoms with E-state index in [0.717, 1.165) is 17.0 Å². The summed E-state index contributed by atoms with van der Waals surface area (Å²) < 4.78 is 1.76. The Morgan fingerprint density at radius 3 is 3.11 bits per heavy atom. The van der Waals surface area contributed by atoms with Crippen LogP contribution in [0.4, 0.5) is 5.82 Å². The highest BCUT2D eigenvalue weighted by atomic mass is 16.4. The Kier molecular flexibility index (Phi) is 3.45. The lowest BCUT2D eigenvalue weighted by molar-refractivity contribution is -0.137. The second-order valence-corrected chi connectivity index (χ2v) is 4.37. The van der Waals surface area contributed by atoms with Crippen LogP contribution in [0, 0.1) is 6.92 Å². The third-order valence-corrected chi connectivity index (χ3v) is 2.69. The molecule has 0 amide bonds. The molecule has 96 valence electrons. The molecule has 0 aromatic carbocycles. The molecule has 0 aliphatic carbocycles. The monoisotopic (exact) mass is 248 g/mol. The van der Waals surface area contributed by atoms with Crippen LogP contribution >= 0.6 is 0 Å². The van der Waals surface area contributed by atoms with E-state index in [2.05, 4.69) is 15.4 Å². The zero-order chi connectivity index (χ0) is 13.1. The van der Waals surface area contributed by atoms with Gasteiger partial charge in [0.25, 0.3) is 0 Å². The molecule has 2 N–H and O–H groups in total. The minimum Gasteiger partial charge on any atom is -0.481 e. The van der Waals surface area contributed by atoms with E-state index in [4.69, 9.17) is 5.11 Å². The van der Waals surface area contributed by atoms with Crippen LogP contribution in [0.2, 0.25) is 0 Å². The first-order valence-electron chi connectivity index (χ1n) is 5.85. The van der Waals surface area contributed by atoms with Crippen LogP contribution in [-0.2, 0) is 4.79 Å². The summed E-state index contributed by atoms with van der Waals surface area (Å²) in [6.07, 6.45) is 4.17. The van der Waals surface area contributed by atoms with E-state index in [9.17, 15) is 4.79 Å². The summed E-state index contributed by atoms with van der Waals surface area (Å²) in [4.78, 5) is 14.8. The fourth-order valence-corrected chi connectivity index (χ4v) is 1.80. The number of carboxylic acid groups (broad SMARTS) is 1. The molecule has 0 saturated heterocycles. The van der Waals surface area contributed by atoms with Crippen molar-refractivity contribution < 1.29 is 9.90 Å². The highest BCUT2D eigenvalue weighted by Gasteiger charge is 2.09. The predicted molar refractivity (Wildman–Crippen MR) is 67.7 cm³/mol. The lowest BCUT2D eigenvalue weighted by Crippen LogP contribution is -2.18. The summed E-state index contributed by atoms with van der Waals surface area (Å²) in [5.74, 6) is -0.0500. The molecule has 6 heteroatoms. The van der Waals surface area contributed by atoms with Gasteiger partial charge >= 0.3 is 5.97 Å². The number of carbonyl (C=O) groups is 1. The van der Waals surface area contributed by atoms with Crippen molar-refractivity contribution in [1.29, 1.82) is 0 Å². The number of carboxylic acids is 1. The van der Waals surface area contributed by atoms with Crippen LogP contribution < -0.4 is 5.32 Å². The molecule has 0 fully saturated rings. The molecule has 6 nitrogen and oxygen atoms in total. The maximum absolute atomic E-state index is 10.5. The molecular formula is C12H16N4O2. The van der Waals surface area contributed by atoms with Crippen molar-refractivity contribution in [2.45, 2.75) is 32.7 Å². The fraction of sp³-hybridized carbons (Fsp3) is 0.417. The topological polar surface area (TPSA) is 79.5 Å². The number of hydrogen-bond acceptors (Lipinski definition) is 4. The van der Waals surface area contributed by atoms with Crippen molar-refractivity contribution in [3.05, 3.63) is 24.2 Å². The molecule has 18 heavy (non-hydrogen) atoms. The predicted octanol–water partition coefficient (Wildman–Crippen LogP) is 1.70. The van der Waals surface area contributed by atoms with E-state index in [1.807, 2.05) is 19.9 Å². The number of aromatic nitrogens is 3. The smallest absolute Gasteiger partial charge is 0.303 e. The van der Waals surface area contributed by atoms with Gasteiger partial charge in [-0.15, -0.1) is 0 Å². The Morgan fingerprint density at radius 1 is 1.61 bits per heavy atom. The molecule has 2 rings (SSSR count). The quantitative estimate of drug-likeness (QED) is 0.842. The van der Waals surface area contributed by atoms with E-state index < -0.39 is 5.97 Å². The van der Waals surface area contributed by atoms with Gasteiger partial charge in [-0.05, 0) is 26.3 Å². The van der Waals surface area contributed by atoms with Crippen LogP contribution in [0.15, 0.2) is 18.5 Å². The van der Waals surface area contributed by atoms with Gasteiger partial charge < -0.3 is 10.4 Å². The largest absolute Gasteiger partial charge is 0.481 e. The van der Waals surface area contributed by atoms with Crippen molar-refractivity contribution in [1.82, 2.24) is 14.6 Å². The Morgan fingerprint density at radius 2 is 2.39 bits per heavy atom. The van der Waals surface area contributed by atoms with Gasteiger partial charge in [-0.25, -0.2) is 9.50 Å². The maximum atomic E-state index is 10.5. The third-order valence-electron chi connectivity index (χ3n) is 2.69. The van der Waals surface area contributed by atoms with Crippen LogP contribution in [0.3, 0.4) is 0 Å². The average Bonchev–Trinajstić information content (AvgIpc) is 2.68. The minimum absolute atomic E-state index is 0.0509. The highest BCUT2D eigenvalue weighted by Crippen LogP contribution is 2.16. The standard InChI is InChI=1S/C12H16N4O2/c1-8(3-4-11(17)18)14-12-10-7-9(2)15-16(10)6-5-13-12/h5-8H,3-4H2,1-2H3,(H,13,14)(H,17,18). The summed E-state index contributed by atoms with van der Waals surface area (Å²) in [5.41, 5.74) is 1.82. The maximum Gasteiger partial charge on any atom is 0.303 e. The van der Waals surface area contributed by atoms with Gasteiger partial charge in [0, 0.05) is 24.9 Å². The number of fused-ring (bicyclic) bond motifs is 1. The highest BCUT2D eigenvalue weighted by molar-refractivity contribution is 5.68. The molecule has 0 radical (unpaired) electrons. The molecule has 2 aromatic heterocycles. The third kappa shape index (κ3) is 2.77. The molecule has 0 bridgehead atoms. The first-order valence-corrected chi connectivity index (χ1v) is 5.85. The van der Waals surface area contributed by atoms with Gasteiger partial charge in [-0.3, -0.25) is 4.79 Å². The molecule has 1 unspecified atom stereocenters. The van der Waals surface area contributed by atoms with Gasteiger partial charge in [0.2, 0.25) is 0 Å². The summed E-state index contributed by atoms with van der Waals surface area (Å²) in [6, 6.07) is 1.99. The second-order valence-electron chi connectivity index (χ2n) is 4.37. The number of aryl methyl sites for hydroxylation is 1. The Hall–Kier alpha value is -2.11. The molecule has 2 aromatic rings. The molecular weight excluding hydrogens is 232 g/mol. The molecule has 2 heterocycles. The summed E-state index contributed by atoms with van der Waals surface area (Å²) in [5, 5.41) is 16.2. The van der Waals surface area contributed by atoms with Crippen molar-refractivity contribution in [3.8, 4) is 0 Å². The van der Waals surface area contributed by atoms with Gasteiger partial charge in [0.15, 0.2) is 5.82 Å². The van der Waals surface area contributed by atoms with Gasteiger partial charge in [0.05, 0.1) is 5.69 Å². The SMILES string of the molecule is Cc1cc2c(NC(C)CCC(=O)O)nccn2n1. The number of nitrogens with zero attached hydrogens (tertiary/aromatic N) is 3. The Bertz CT molecular complexity index is 564.